The third-order valence-corrected chi connectivity index (χ3v) is 2.77. The first-order valence-electron chi connectivity index (χ1n) is 5.23. The molecule has 0 bridgehead atoms. The quantitative estimate of drug-likeness (QED) is 0.815. The zero-order chi connectivity index (χ0) is 11.5. The highest BCUT2D eigenvalue weighted by atomic mass is 16.1. The molecule has 2 heteroatoms. The van der Waals surface area contributed by atoms with Gasteiger partial charge in [0.2, 0.25) is 0 Å². The van der Waals surface area contributed by atoms with Crippen LogP contribution >= 0.6 is 0 Å². The van der Waals surface area contributed by atoms with Crippen LogP contribution in [-0.4, -0.2) is 18.4 Å². The van der Waals surface area contributed by atoms with Gasteiger partial charge in [-0.1, -0.05) is 29.8 Å². The van der Waals surface area contributed by atoms with Crippen molar-refractivity contribution >= 4 is 5.78 Å². The second-order valence-electron chi connectivity index (χ2n) is 4.46. The van der Waals surface area contributed by atoms with E-state index in [-0.39, 0.29) is 5.78 Å². The van der Waals surface area contributed by atoms with Crippen molar-refractivity contribution in [3.63, 3.8) is 0 Å². The van der Waals surface area contributed by atoms with Gasteiger partial charge in [0.25, 0.3) is 0 Å². The van der Waals surface area contributed by atoms with Crippen LogP contribution in [0.3, 0.4) is 0 Å². The number of hydrogen-bond acceptors (Lipinski definition) is 2. The van der Waals surface area contributed by atoms with E-state index in [1.807, 2.05) is 46.0 Å². The predicted molar refractivity (Wildman–Crippen MR) is 63.0 cm³/mol. The number of Topliss-reactive ketones (excluding diaryl/α,β-unsaturated/α-hetero) is 1. The molecule has 0 heterocycles. The molecule has 15 heavy (non-hydrogen) atoms. The summed E-state index contributed by atoms with van der Waals surface area (Å²) in [6.45, 7) is 5.85. The minimum atomic E-state index is -0.441. The van der Waals surface area contributed by atoms with Gasteiger partial charge in [0, 0.05) is 6.42 Å². The number of benzene rings is 1. The Kier molecular flexibility index (Phi) is 3.64. The molecule has 0 atom stereocenters. The second kappa shape index (κ2) is 4.58. The standard InChI is InChI=1S/C13H19NO/c1-10-6-5-7-11(8-10)9-12(15)13(2,3)14-4/h5-8,14H,9H2,1-4H3. The third kappa shape index (κ3) is 3.17. The molecule has 0 aliphatic carbocycles. The van der Waals surface area contributed by atoms with Gasteiger partial charge in [-0.25, -0.2) is 0 Å². The lowest BCUT2D eigenvalue weighted by atomic mass is 9.93. The Morgan fingerprint density at radius 1 is 1.40 bits per heavy atom. The van der Waals surface area contributed by atoms with E-state index in [0.717, 1.165) is 5.56 Å². The van der Waals surface area contributed by atoms with E-state index in [4.69, 9.17) is 0 Å². The molecule has 82 valence electrons. The fourth-order valence-electron chi connectivity index (χ4n) is 1.37. The normalized spacial score (nSPS) is 11.5. The summed E-state index contributed by atoms with van der Waals surface area (Å²) in [4.78, 5) is 11.9. The second-order valence-corrected chi connectivity index (χ2v) is 4.46. The van der Waals surface area contributed by atoms with Crippen LogP contribution in [0.4, 0.5) is 0 Å². The van der Waals surface area contributed by atoms with Crippen molar-refractivity contribution < 1.29 is 4.79 Å². The number of rotatable bonds is 4. The first kappa shape index (κ1) is 11.9. The fourth-order valence-corrected chi connectivity index (χ4v) is 1.37. The molecule has 0 aliphatic rings. The molecule has 1 N–H and O–H groups in total. The highest BCUT2D eigenvalue weighted by Crippen LogP contribution is 2.10. The summed E-state index contributed by atoms with van der Waals surface area (Å²) in [5.41, 5.74) is 1.84. The lowest BCUT2D eigenvalue weighted by molar-refractivity contribution is -0.123. The fraction of sp³-hybridized carbons (Fsp3) is 0.462. The lowest BCUT2D eigenvalue weighted by Gasteiger charge is -2.22. The molecule has 0 radical (unpaired) electrons. The molecular weight excluding hydrogens is 186 g/mol. The van der Waals surface area contributed by atoms with Crippen molar-refractivity contribution in [1.82, 2.24) is 5.32 Å². The molecule has 2 nitrogen and oxygen atoms in total. The van der Waals surface area contributed by atoms with Gasteiger partial charge in [-0.05, 0) is 33.4 Å². The van der Waals surface area contributed by atoms with E-state index in [9.17, 15) is 4.79 Å². The summed E-state index contributed by atoms with van der Waals surface area (Å²) >= 11 is 0. The smallest absolute Gasteiger partial charge is 0.156 e. The Morgan fingerprint density at radius 3 is 2.60 bits per heavy atom. The topological polar surface area (TPSA) is 29.1 Å². The predicted octanol–water partition coefficient (Wildman–Crippen LogP) is 2.10. The number of ketones is 1. The first-order chi connectivity index (χ1) is 6.95. The van der Waals surface area contributed by atoms with E-state index in [1.54, 1.807) is 0 Å². The average Bonchev–Trinajstić information content (AvgIpc) is 2.17. The van der Waals surface area contributed by atoms with Crippen molar-refractivity contribution in [1.29, 1.82) is 0 Å². The highest BCUT2D eigenvalue weighted by Gasteiger charge is 2.24. The Balaban J connectivity index is 2.75. The van der Waals surface area contributed by atoms with Crippen molar-refractivity contribution in [2.24, 2.45) is 0 Å². The van der Waals surface area contributed by atoms with Crippen molar-refractivity contribution in [3.8, 4) is 0 Å². The Labute approximate surface area is 91.7 Å². The van der Waals surface area contributed by atoms with Gasteiger partial charge < -0.3 is 5.32 Å². The molecule has 0 spiro atoms. The molecular formula is C13H19NO. The number of hydrogen-bond donors (Lipinski definition) is 1. The lowest BCUT2D eigenvalue weighted by Crippen LogP contribution is -2.45. The maximum absolute atomic E-state index is 11.9. The van der Waals surface area contributed by atoms with Crippen molar-refractivity contribution in [2.75, 3.05) is 7.05 Å². The Morgan fingerprint density at radius 2 is 2.07 bits per heavy atom. The van der Waals surface area contributed by atoms with Crippen LogP contribution in [0.25, 0.3) is 0 Å². The van der Waals surface area contributed by atoms with E-state index in [0.29, 0.717) is 6.42 Å². The number of likely N-dealkylation sites (N-methyl/N-ethyl adjacent to an activating group) is 1. The molecule has 0 saturated heterocycles. The summed E-state index contributed by atoms with van der Waals surface area (Å²) in [5, 5.41) is 3.03. The van der Waals surface area contributed by atoms with Crippen LogP contribution in [0.2, 0.25) is 0 Å². The van der Waals surface area contributed by atoms with Gasteiger partial charge in [0.05, 0.1) is 5.54 Å². The van der Waals surface area contributed by atoms with Crippen LogP contribution in [0, 0.1) is 6.92 Å². The van der Waals surface area contributed by atoms with Crippen molar-refractivity contribution in [3.05, 3.63) is 35.4 Å². The van der Waals surface area contributed by atoms with Crippen LogP contribution in [0.15, 0.2) is 24.3 Å². The molecule has 0 aromatic heterocycles. The summed E-state index contributed by atoms with van der Waals surface area (Å²) in [7, 11) is 1.81. The van der Waals surface area contributed by atoms with E-state index < -0.39 is 5.54 Å². The SMILES string of the molecule is CNC(C)(C)C(=O)Cc1cccc(C)c1. The third-order valence-electron chi connectivity index (χ3n) is 2.77. The zero-order valence-corrected chi connectivity index (χ0v) is 9.92. The van der Waals surface area contributed by atoms with Crippen molar-refractivity contribution in [2.45, 2.75) is 32.7 Å². The van der Waals surface area contributed by atoms with Crippen LogP contribution in [-0.2, 0) is 11.2 Å². The maximum Gasteiger partial charge on any atom is 0.156 e. The van der Waals surface area contributed by atoms with E-state index in [2.05, 4.69) is 11.4 Å². The van der Waals surface area contributed by atoms with Crippen LogP contribution in [0.1, 0.15) is 25.0 Å². The Bertz CT molecular complexity index is 355. The number of carbonyl (C=O) groups is 1. The largest absolute Gasteiger partial charge is 0.308 e. The van der Waals surface area contributed by atoms with Gasteiger partial charge in [0.15, 0.2) is 5.78 Å². The summed E-state index contributed by atoms with van der Waals surface area (Å²) in [5.74, 6) is 0.218. The molecule has 0 fully saturated rings. The monoisotopic (exact) mass is 205 g/mol. The molecule has 0 unspecified atom stereocenters. The maximum atomic E-state index is 11.9. The molecule has 1 aromatic rings. The molecule has 0 saturated carbocycles. The minimum absolute atomic E-state index is 0.218. The number of carbonyl (C=O) groups excluding carboxylic acids is 1. The molecule has 0 amide bonds. The van der Waals surface area contributed by atoms with Crippen LogP contribution in [0.5, 0.6) is 0 Å². The van der Waals surface area contributed by atoms with Gasteiger partial charge in [-0.15, -0.1) is 0 Å². The Hall–Kier alpha value is -1.15. The average molecular weight is 205 g/mol. The summed E-state index contributed by atoms with van der Waals surface area (Å²) in [6.07, 6.45) is 0.496. The van der Waals surface area contributed by atoms with Gasteiger partial charge >= 0.3 is 0 Å². The first-order valence-corrected chi connectivity index (χ1v) is 5.23. The molecule has 1 aromatic carbocycles. The van der Waals surface area contributed by atoms with Gasteiger partial charge in [0.1, 0.15) is 0 Å². The molecule has 0 aliphatic heterocycles. The number of nitrogens with one attached hydrogen (secondary N) is 1. The minimum Gasteiger partial charge on any atom is -0.308 e. The van der Waals surface area contributed by atoms with E-state index >= 15 is 0 Å². The summed E-state index contributed by atoms with van der Waals surface area (Å²) < 4.78 is 0. The van der Waals surface area contributed by atoms with Crippen LogP contribution < -0.4 is 5.32 Å². The molecule has 1 rings (SSSR count). The van der Waals surface area contributed by atoms with E-state index in [1.165, 1.54) is 5.56 Å². The zero-order valence-electron chi connectivity index (χ0n) is 9.92. The van der Waals surface area contributed by atoms with Gasteiger partial charge in [-0.2, -0.15) is 0 Å². The van der Waals surface area contributed by atoms with Gasteiger partial charge in [-0.3, -0.25) is 4.79 Å². The number of aryl methyl sites for hydroxylation is 1. The summed E-state index contributed by atoms with van der Waals surface area (Å²) in [6, 6.07) is 8.09. The highest BCUT2D eigenvalue weighted by molar-refractivity contribution is 5.89.